The Morgan fingerprint density at radius 3 is 2.59 bits per heavy atom. The number of hydrogen-bond donors (Lipinski definition) is 2. The van der Waals surface area contributed by atoms with Gasteiger partial charge in [0, 0.05) is 30.1 Å². The van der Waals surface area contributed by atoms with Crippen molar-refractivity contribution in [2.45, 2.75) is 102 Å². The van der Waals surface area contributed by atoms with E-state index in [1.54, 1.807) is 6.42 Å². The third-order valence-corrected chi connectivity index (χ3v) is 10.8. The lowest BCUT2D eigenvalue weighted by atomic mass is 9.45. The largest absolute Gasteiger partial charge is 0.310 e. The fraction of sp³-hybridized carbons (Fsp3) is 0.710. The second-order valence-electron chi connectivity index (χ2n) is 12.4. The second kappa shape index (κ2) is 11.0. The summed E-state index contributed by atoms with van der Waals surface area (Å²) in [6, 6.07) is 6.21. The molecule has 0 heterocycles. The predicted octanol–water partition coefficient (Wildman–Crippen LogP) is 4.64. The average Bonchev–Trinajstić information content (AvgIpc) is 3.45. The average molecular weight is 508 g/mol. The number of nitrogens with zero attached hydrogens (tertiary/aromatic N) is 1. The molecular formula is C31H45N3O3. The third-order valence-electron chi connectivity index (χ3n) is 10.8. The summed E-state index contributed by atoms with van der Waals surface area (Å²) < 4.78 is 0. The summed E-state index contributed by atoms with van der Waals surface area (Å²) in [6.07, 6.45) is 15.5. The molecule has 4 fully saturated rings. The molecule has 1 aromatic carbocycles. The minimum absolute atomic E-state index is 0.162. The number of imide groups is 1. The molecule has 4 saturated carbocycles. The summed E-state index contributed by atoms with van der Waals surface area (Å²) in [6.45, 7) is 3.97. The van der Waals surface area contributed by atoms with Crippen LogP contribution in [0.3, 0.4) is 0 Å². The molecule has 4 aliphatic rings. The van der Waals surface area contributed by atoms with Gasteiger partial charge in [0.15, 0.2) is 0 Å². The number of hydrogen-bond acceptors (Lipinski definition) is 5. The van der Waals surface area contributed by atoms with Crippen molar-refractivity contribution in [1.82, 2.24) is 15.5 Å². The molecule has 0 aliphatic heterocycles. The summed E-state index contributed by atoms with van der Waals surface area (Å²) in [5, 5.41) is 6.20. The summed E-state index contributed by atoms with van der Waals surface area (Å²) in [5.41, 5.74) is 4.57. The van der Waals surface area contributed by atoms with Crippen LogP contribution in [0.4, 0.5) is 0 Å². The Kier molecular flexibility index (Phi) is 7.88. The van der Waals surface area contributed by atoms with Crippen LogP contribution in [0.2, 0.25) is 0 Å². The van der Waals surface area contributed by atoms with Crippen molar-refractivity contribution in [3.05, 3.63) is 34.9 Å². The molecule has 4 aliphatic carbocycles. The molecule has 37 heavy (non-hydrogen) atoms. The minimum Gasteiger partial charge on any atom is -0.310 e. The fourth-order valence-corrected chi connectivity index (χ4v) is 8.62. The van der Waals surface area contributed by atoms with Crippen LogP contribution in [-0.4, -0.2) is 48.7 Å². The van der Waals surface area contributed by atoms with Gasteiger partial charge < -0.3 is 5.32 Å². The molecule has 6 atom stereocenters. The van der Waals surface area contributed by atoms with Gasteiger partial charge in [-0.15, -0.1) is 0 Å². The Labute approximate surface area is 222 Å². The number of aryl methyl sites for hydroxylation is 1. The number of nitrogens with one attached hydrogen (secondary N) is 2. The van der Waals surface area contributed by atoms with Gasteiger partial charge in [0.2, 0.25) is 12.3 Å². The van der Waals surface area contributed by atoms with Crippen LogP contribution < -0.4 is 10.6 Å². The number of carbonyl (C=O) groups is 3. The van der Waals surface area contributed by atoms with Crippen LogP contribution in [0.25, 0.3) is 0 Å². The molecule has 0 bridgehead atoms. The summed E-state index contributed by atoms with van der Waals surface area (Å²) >= 11 is 0. The Balaban J connectivity index is 0.978. The van der Waals surface area contributed by atoms with E-state index in [9.17, 15) is 14.4 Å². The van der Waals surface area contributed by atoms with Crippen molar-refractivity contribution in [1.29, 1.82) is 0 Å². The number of fused-ring (bicyclic) bond motifs is 1. The predicted molar refractivity (Wildman–Crippen MR) is 145 cm³/mol. The summed E-state index contributed by atoms with van der Waals surface area (Å²) in [4.78, 5) is 36.0. The maximum Gasteiger partial charge on any atom is 0.226 e. The van der Waals surface area contributed by atoms with Crippen molar-refractivity contribution >= 4 is 18.6 Å². The monoisotopic (exact) mass is 507 g/mol. The molecule has 5 rings (SSSR count). The zero-order valence-electron chi connectivity index (χ0n) is 22.8. The molecule has 0 saturated heterocycles. The molecule has 2 N–H and O–H groups in total. The molecule has 0 aromatic heterocycles. The Morgan fingerprint density at radius 2 is 1.89 bits per heavy atom. The van der Waals surface area contributed by atoms with Crippen LogP contribution in [0, 0.1) is 23.2 Å². The van der Waals surface area contributed by atoms with Crippen LogP contribution in [0.5, 0.6) is 0 Å². The van der Waals surface area contributed by atoms with Crippen LogP contribution in [0.1, 0.15) is 99.0 Å². The minimum atomic E-state index is -0.252. The van der Waals surface area contributed by atoms with Crippen LogP contribution in [0.15, 0.2) is 18.2 Å². The topological polar surface area (TPSA) is 78.5 Å². The van der Waals surface area contributed by atoms with Gasteiger partial charge in [-0.05, 0) is 99.8 Å². The quantitative estimate of drug-likeness (QED) is 0.224. The van der Waals surface area contributed by atoms with Crippen molar-refractivity contribution in [2.24, 2.45) is 23.2 Å². The van der Waals surface area contributed by atoms with Crippen LogP contribution >= 0.6 is 0 Å². The highest BCUT2D eigenvalue weighted by molar-refractivity contribution is 5.85. The van der Waals surface area contributed by atoms with Crippen molar-refractivity contribution in [3.8, 4) is 0 Å². The van der Waals surface area contributed by atoms with Gasteiger partial charge in [-0.1, -0.05) is 43.9 Å². The van der Waals surface area contributed by atoms with E-state index in [1.807, 2.05) is 19.2 Å². The smallest absolute Gasteiger partial charge is 0.226 e. The van der Waals surface area contributed by atoms with Crippen molar-refractivity contribution in [2.75, 3.05) is 13.6 Å². The second-order valence-corrected chi connectivity index (χ2v) is 12.4. The van der Waals surface area contributed by atoms with E-state index in [0.29, 0.717) is 31.3 Å². The van der Waals surface area contributed by atoms with E-state index in [2.05, 4.69) is 28.5 Å². The van der Waals surface area contributed by atoms with Gasteiger partial charge in [-0.25, -0.2) is 0 Å². The Morgan fingerprint density at radius 1 is 1.11 bits per heavy atom. The first kappa shape index (κ1) is 26.6. The normalized spacial score (nSPS) is 30.7. The molecule has 1 spiro atoms. The molecule has 202 valence electrons. The fourth-order valence-electron chi connectivity index (χ4n) is 8.62. The Bertz CT molecular complexity index is 1010. The van der Waals surface area contributed by atoms with E-state index in [1.165, 1.54) is 57.1 Å². The highest BCUT2D eigenvalue weighted by Crippen LogP contribution is 2.96. The first-order chi connectivity index (χ1) is 18.0. The first-order valence-electron chi connectivity index (χ1n) is 14.7. The van der Waals surface area contributed by atoms with Gasteiger partial charge in [0.1, 0.15) is 6.29 Å². The molecule has 2 amide bonds. The lowest BCUT2D eigenvalue weighted by Crippen LogP contribution is -2.60. The number of aldehydes is 1. The van der Waals surface area contributed by atoms with E-state index in [4.69, 9.17) is 0 Å². The van der Waals surface area contributed by atoms with Gasteiger partial charge in [0.25, 0.3) is 0 Å². The molecule has 1 aromatic rings. The lowest BCUT2D eigenvalue weighted by molar-refractivity contribution is -0.125. The zero-order chi connectivity index (χ0) is 26.0. The maximum atomic E-state index is 11.8. The number of rotatable bonds is 18. The lowest BCUT2D eigenvalue weighted by Gasteiger charge is -2.60. The van der Waals surface area contributed by atoms with Crippen molar-refractivity contribution in [3.63, 3.8) is 0 Å². The standard InChI is InChI=1S/C31H45N3O3/c1-22(13-14-29(37)32-21-36)34(2)19-27-23(11-9-12-24(27)20-35)10-7-5-3-4-6-8-15-33-30-18-26-16-25-17-28(30)31(25,26)30/h9,11-12,20-22,25-26,28,33H,3-8,10,13-19H2,1-2H3,(H,32,36,37). The zero-order valence-corrected chi connectivity index (χ0v) is 22.8. The number of amides is 2. The van der Waals surface area contributed by atoms with Gasteiger partial charge in [-0.3, -0.25) is 24.6 Å². The number of carbonyl (C=O) groups excluding carboxylic acids is 3. The maximum absolute atomic E-state index is 11.8. The SMILES string of the molecule is CC(CCC(=O)NC=O)N(C)Cc1c(C=O)cccc1CCCCCCCCNC12CC3CC4CC1C432. The van der Waals surface area contributed by atoms with Gasteiger partial charge in [0.05, 0.1) is 0 Å². The highest BCUT2D eigenvalue weighted by atomic mass is 16.2. The van der Waals surface area contributed by atoms with E-state index >= 15 is 0 Å². The number of benzene rings is 1. The molecule has 0 radical (unpaired) electrons. The van der Waals surface area contributed by atoms with Crippen molar-refractivity contribution < 1.29 is 14.4 Å². The summed E-state index contributed by atoms with van der Waals surface area (Å²) in [7, 11) is 2.03. The molecule has 6 nitrogen and oxygen atoms in total. The van der Waals surface area contributed by atoms with Crippen LogP contribution in [-0.2, 0) is 22.6 Å². The highest BCUT2D eigenvalue weighted by Gasteiger charge is 2.97. The summed E-state index contributed by atoms with van der Waals surface area (Å²) in [5.74, 6) is 3.01. The first-order valence-corrected chi connectivity index (χ1v) is 14.7. The number of unbranched alkanes of at least 4 members (excludes halogenated alkanes) is 5. The Hall–Kier alpha value is -2.05. The van der Waals surface area contributed by atoms with Gasteiger partial charge >= 0.3 is 0 Å². The van der Waals surface area contributed by atoms with E-state index < -0.39 is 0 Å². The molecule has 6 heteroatoms. The third kappa shape index (κ3) is 4.58. The molecule has 6 unspecified atom stereocenters. The van der Waals surface area contributed by atoms with E-state index in [-0.39, 0.29) is 11.9 Å². The van der Waals surface area contributed by atoms with E-state index in [0.717, 1.165) is 53.4 Å². The van der Waals surface area contributed by atoms with Gasteiger partial charge in [-0.2, -0.15) is 0 Å². The molecular weight excluding hydrogens is 462 g/mol.